The first kappa shape index (κ1) is 12.5. The number of aromatic hydroxyl groups is 1. The van der Waals surface area contributed by atoms with E-state index >= 15 is 0 Å². The highest BCUT2D eigenvalue weighted by atomic mass is 16.5. The largest absolute Gasteiger partial charge is 0.508 e. The summed E-state index contributed by atoms with van der Waals surface area (Å²) in [7, 11) is 0. The number of imidazole rings is 1. The molecule has 4 heteroatoms. The molecule has 1 aromatic heterocycles. The number of benzene rings is 2. The molecule has 2 N–H and O–H groups in total. The number of aryl methyl sites for hydroxylation is 1. The monoisotopic (exact) mass is 268 g/mol. The predicted molar refractivity (Wildman–Crippen MR) is 78.1 cm³/mol. The summed E-state index contributed by atoms with van der Waals surface area (Å²) >= 11 is 0. The van der Waals surface area contributed by atoms with Gasteiger partial charge in [0, 0.05) is 12.5 Å². The van der Waals surface area contributed by atoms with Crippen molar-refractivity contribution < 1.29 is 9.84 Å². The number of fused-ring (bicyclic) bond motifs is 1. The zero-order valence-electron chi connectivity index (χ0n) is 11.3. The topological polar surface area (TPSA) is 58.1 Å². The molecule has 0 saturated heterocycles. The molecule has 0 bridgehead atoms. The highest BCUT2D eigenvalue weighted by molar-refractivity contribution is 5.76. The lowest BCUT2D eigenvalue weighted by molar-refractivity contribution is 0.319. The fourth-order valence-corrected chi connectivity index (χ4v) is 2.07. The number of H-pyrrole nitrogens is 1. The molecule has 0 aliphatic rings. The lowest BCUT2D eigenvalue weighted by Gasteiger charge is -2.04. The van der Waals surface area contributed by atoms with Crippen LogP contribution in [0.5, 0.6) is 11.5 Å². The van der Waals surface area contributed by atoms with Gasteiger partial charge in [-0.2, -0.15) is 0 Å². The van der Waals surface area contributed by atoms with Gasteiger partial charge in [-0.25, -0.2) is 4.98 Å². The average Bonchev–Trinajstić information content (AvgIpc) is 2.83. The van der Waals surface area contributed by atoms with Crippen LogP contribution in [0.15, 0.2) is 42.5 Å². The number of nitrogens with zero attached hydrogens (tertiary/aromatic N) is 1. The van der Waals surface area contributed by atoms with Crippen molar-refractivity contribution in [1.82, 2.24) is 9.97 Å². The van der Waals surface area contributed by atoms with Crippen molar-refractivity contribution in [3.05, 3.63) is 53.9 Å². The second-order valence-corrected chi connectivity index (χ2v) is 4.80. The van der Waals surface area contributed by atoms with Crippen LogP contribution in [0.3, 0.4) is 0 Å². The number of phenolic OH excluding ortho intramolecular Hbond substituents is 1. The Labute approximate surface area is 117 Å². The van der Waals surface area contributed by atoms with Gasteiger partial charge in [0.2, 0.25) is 0 Å². The standard InChI is InChI=1S/C16H16N2O2/c1-11-2-5-13(6-3-11)20-9-8-16-17-14-7-4-12(19)10-15(14)18-16/h2-7,10,19H,8-9H2,1H3,(H,17,18). The Morgan fingerprint density at radius 2 is 1.95 bits per heavy atom. The molecule has 0 atom stereocenters. The molecule has 0 amide bonds. The molecule has 4 nitrogen and oxygen atoms in total. The van der Waals surface area contributed by atoms with Crippen LogP contribution in [0, 0.1) is 6.92 Å². The minimum Gasteiger partial charge on any atom is -0.508 e. The first-order valence-electron chi connectivity index (χ1n) is 6.58. The summed E-state index contributed by atoms with van der Waals surface area (Å²) in [6, 6.07) is 13.1. The van der Waals surface area contributed by atoms with Crippen molar-refractivity contribution in [2.75, 3.05) is 6.61 Å². The summed E-state index contributed by atoms with van der Waals surface area (Å²) in [4.78, 5) is 7.63. The van der Waals surface area contributed by atoms with Crippen LogP contribution < -0.4 is 4.74 Å². The van der Waals surface area contributed by atoms with E-state index in [0.29, 0.717) is 13.0 Å². The zero-order chi connectivity index (χ0) is 13.9. The van der Waals surface area contributed by atoms with Crippen LogP contribution in [0.4, 0.5) is 0 Å². The molecule has 3 rings (SSSR count). The van der Waals surface area contributed by atoms with E-state index in [-0.39, 0.29) is 5.75 Å². The van der Waals surface area contributed by atoms with Crippen LogP contribution in [0.2, 0.25) is 0 Å². The molecule has 0 saturated carbocycles. The minimum absolute atomic E-state index is 0.239. The van der Waals surface area contributed by atoms with Crippen molar-refractivity contribution in [3.8, 4) is 11.5 Å². The Balaban J connectivity index is 1.63. The number of hydrogen-bond acceptors (Lipinski definition) is 3. The first-order chi connectivity index (χ1) is 9.70. The van der Waals surface area contributed by atoms with E-state index in [1.165, 1.54) is 5.56 Å². The van der Waals surface area contributed by atoms with Crippen LogP contribution in [0.1, 0.15) is 11.4 Å². The molecule has 0 spiro atoms. The quantitative estimate of drug-likeness (QED) is 0.764. The highest BCUT2D eigenvalue weighted by Gasteiger charge is 2.04. The summed E-state index contributed by atoms with van der Waals surface area (Å²) in [6.45, 7) is 2.61. The average molecular weight is 268 g/mol. The smallest absolute Gasteiger partial charge is 0.119 e. The summed E-state index contributed by atoms with van der Waals surface area (Å²) in [5.41, 5.74) is 2.91. The molecule has 0 aliphatic carbocycles. The Hall–Kier alpha value is -2.49. The maximum Gasteiger partial charge on any atom is 0.119 e. The lowest BCUT2D eigenvalue weighted by Crippen LogP contribution is -2.02. The molecule has 102 valence electrons. The molecule has 2 aromatic carbocycles. The third-order valence-corrected chi connectivity index (χ3v) is 3.14. The molecule has 0 radical (unpaired) electrons. The fraction of sp³-hybridized carbons (Fsp3) is 0.188. The van der Waals surface area contributed by atoms with Gasteiger partial charge in [-0.05, 0) is 31.2 Å². The van der Waals surface area contributed by atoms with Crippen LogP contribution in [-0.2, 0) is 6.42 Å². The van der Waals surface area contributed by atoms with Gasteiger partial charge in [-0.15, -0.1) is 0 Å². The maximum absolute atomic E-state index is 9.41. The summed E-state index contributed by atoms with van der Waals surface area (Å²) in [6.07, 6.45) is 0.698. The second-order valence-electron chi connectivity index (χ2n) is 4.80. The number of aromatic nitrogens is 2. The van der Waals surface area contributed by atoms with E-state index in [9.17, 15) is 5.11 Å². The van der Waals surface area contributed by atoms with Gasteiger partial charge in [0.25, 0.3) is 0 Å². The Morgan fingerprint density at radius 3 is 2.75 bits per heavy atom. The number of ether oxygens (including phenoxy) is 1. The van der Waals surface area contributed by atoms with Crippen molar-refractivity contribution in [2.24, 2.45) is 0 Å². The lowest BCUT2D eigenvalue weighted by atomic mass is 10.2. The Bertz CT molecular complexity index is 717. The summed E-state index contributed by atoms with van der Waals surface area (Å²) in [5.74, 6) is 1.96. The molecule has 20 heavy (non-hydrogen) atoms. The van der Waals surface area contributed by atoms with Crippen molar-refractivity contribution >= 4 is 11.0 Å². The normalized spacial score (nSPS) is 10.8. The maximum atomic E-state index is 9.41. The minimum atomic E-state index is 0.239. The van der Waals surface area contributed by atoms with Gasteiger partial charge in [-0.3, -0.25) is 0 Å². The van der Waals surface area contributed by atoms with E-state index in [0.717, 1.165) is 22.6 Å². The number of aromatic amines is 1. The third kappa shape index (κ3) is 2.74. The molecule has 0 fully saturated rings. The number of rotatable bonds is 4. The molecule has 3 aromatic rings. The van der Waals surface area contributed by atoms with Gasteiger partial charge in [0.05, 0.1) is 17.6 Å². The van der Waals surface area contributed by atoms with E-state index in [4.69, 9.17) is 4.74 Å². The zero-order valence-corrected chi connectivity index (χ0v) is 11.3. The van der Waals surface area contributed by atoms with Crippen molar-refractivity contribution in [1.29, 1.82) is 0 Å². The molecular weight excluding hydrogens is 252 g/mol. The third-order valence-electron chi connectivity index (χ3n) is 3.14. The summed E-state index contributed by atoms with van der Waals surface area (Å²) in [5, 5.41) is 9.41. The van der Waals surface area contributed by atoms with Gasteiger partial charge >= 0.3 is 0 Å². The number of hydrogen-bond donors (Lipinski definition) is 2. The van der Waals surface area contributed by atoms with Crippen molar-refractivity contribution in [2.45, 2.75) is 13.3 Å². The molecule has 0 unspecified atom stereocenters. The van der Waals surface area contributed by atoms with Crippen LogP contribution >= 0.6 is 0 Å². The Morgan fingerprint density at radius 1 is 1.15 bits per heavy atom. The highest BCUT2D eigenvalue weighted by Crippen LogP contribution is 2.18. The van der Waals surface area contributed by atoms with Gasteiger partial charge in [0.1, 0.15) is 17.3 Å². The number of phenols is 1. The molecule has 1 heterocycles. The van der Waals surface area contributed by atoms with E-state index in [1.807, 2.05) is 31.2 Å². The van der Waals surface area contributed by atoms with E-state index < -0.39 is 0 Å². The van der Waals surface area contributed by atoms with E-state index in [1.54, 1.807) is 18.2 Å². The SMILES string of the molecule is Cc1ccc(OCCc2nc3ccc(O)cc3[nH]2)cc1. The fourth-order valence-electron chi connectivity index (χ4n) is 2.07. The first-order valence-corrected chi connectivity index (χ1v) is 6.58. The van der Waals surface area contributed by atoms with Gasteiger partial charge in [0.15, 0.2) is 0 Å². The van der Waals surface area contributed by atoms with Crippen molar-refractivity contribution in [3.63, 3.8) is 0 Å². The summed E-state index contributed by atoms with van der Waals surface area (Å²) < 4.78 is 5.68. The van der Waals surface area contributed by atoms with E-state index in [2.05, 4.69) is 9.97 Å². The van der Waals surface area contributed by atoms with Gasteiger partial charge in [-0.1, -0.05) is 17.7 Å². The molecular formula is C16H16N2O2. The molecule has 0 aliphatic heterocycles. The predicted octanol–water partition coefficient (Wildman–Crippen LogP) is 3.20. The Kier molecular flexibility index (Phi) is 3.29. The number of nitrogens with one attached hydrogen (secondary N) is 1. The van der Waals surface area contributed by atoms with Gasteiger partial charge < -0.3 is 14.8 Å². The van der Waals surface area contributed by atoms with Crippen LogP contribution in [0.25, 0.3) is 11.0 Å². The second kappa shape index (κ2) is 5.25. The van der Waals surface area contributed by atoms with Crippen LogP contribution in [-0.4, -0.2) is 21.7 Å².